The number of benzene rings is 2. The number of methoxy groups -OCH3 is 1. The van der Waals surface area contributed by atoms with Crippen LogP contribution in [0.3, 0.4) is 0 Å². The van der Waals surface area contributed by atoms with Crippen LogP contribution in [0.5, 0.6) is 5.75 Å². The van der Waals surface area contributed by atoms with Crippen LogP contribution in [-0.4, -0.2) is 30.7 Å². The first-order chi connectivity index (χ1) is 11.6. The van der Waals surface area contributed by atoms with Gasteiger partial charge in [0.15, 0.2) is 0 Å². The lowest BCUT2D eigenvalue weighted by Crippen LogP contribution is -2.26. The van der Waals surface area contributed by atoms with E-state index >= 15 is 0 Å². The lowest BCUT2D eigenvalue weighted by Gasteiger charge is -2.18. The van der Waals surface area contributed by atoms with Gasteiger partial charge in [-0.1, -0.05) is 24.3 Å². The topological polar surface area (TPSA) is 29.5 Å². The minimum atomic E-state index is -0.229. The molecule has 0 aliphatic carbocycles. The second kappa shape index (κ2) is 9.33. The van der Waals surface area contributed by atoms with Crippen LogP contribution < -0.4 is 4.74 Å². The minimum absolute atomic E-state index is 0.0979. The van der Waals surface area contributed by atoms with Gasteiger partial charge in [0.05, 0.1) is 7.11 Å². The summed E-state index contributed by atoms with van der Waals surface area (Å²) in [7, 11) is 3.43. The van der Waals surface area contributed by atoms with Gasteiger partial charge in [0.1, 0.15) is 11.6 Å². The highest BCUT2D eigenvalue weighted by Crippen LogP contribution is 2.21. The first-order valence-corrected chi connectivity index (χ1v) is 8.83. The Morgan fingerprint density at radius 2 is 2.00 bits per heavy atom. The zero-order valence-electron chi connectivity index (χ0n) is 14.0. The van der Waals surface area contributed by atoms with Gasteiger partial charge in [-0.25, -0.2) is 4.39 Å². The molecule has 2 rings (SSSR count). The van der Waals surface area contributed by atoms with Crippen LogP contribution in [0.15, 0.2) is 53.4 Å². The molecule has 5 heteroatoms. The van der Waals surface area contributed by atoms with Crippen molar-refractivity contribution >= 4 is 17.7 Å². The Hall–Kier alpha value is -2.01. The molecule has 0 N–H and O–H groups in total. The maximum absolute atomic E-state index is 13.1. The Kier molecular flexibility index (Phi) is 7.12. The van der Waals surface area contributed by atoms with Gasteiger partial charge in [-0.15, -0.1) is 11.8 Å². The van der Waals surface area contributed by atoms with E-state index in [1.807, 2.05) is 30.3 Å². The SMILES string of the molecule is COc1ccccc1CN(C)C(=O)CCCSc1cccc(F)c1. The van der Waals surface area contributed by atoms with Gasteiger partial charge in [-0.2, -0.15) is 0 Å². The summed E-state index contributed by atoms with van der Waals surface area (Å²) in [4.78, 5) is 14.8. The van der Waals surface area contributed by atoms with Gasteiger partial charge >= 0.3 is 0 Å². The van der Waals surface area contributed by atoms with E-state index < -0.39 is 0 Å². The molecule has 0 aromatic heterocycles. The molecule has 3 nitrogen and oxygen atoms in total. The number of carbonyl (C=O) groups is 1. The fourth-order valence-corrected chi connectivity index (χ4v) is 3.23. The van der Waals surface area contributed by atoms with Gasteiger partial charge in [0, 0.05) is 30.5 Å². The van der Waals surface area contributed by atoms with Crippen LogP contribution in [0.25, 0.3) is 0 Å². The summed E-state index contributed by atoms with van der Waals surface area (Å²) in [6.07, 6.45) is 1.24. The molecule has 0 fully saturated rings. The Labute approximate surface area is 146 Å². The van der Waals surface area contributed by atoms with E-state index in [-0.39, 0.29) is 11.7 Å². The van der Waals surface area contributed by atoms with Crippen molar-refractivity contribution in [3.63, 3.8) is 0 Å². The van der Waals surface area contributed by atoms with Crippen LogP contribution in [0.1, 0.15) is 18.4 Å². The van der Waals surface area contributed by atoms with E-state index in [1.54, 1.807) is 36.9 Å². The highest BCUT2D eigenvalue weighted by molar-refractivity contribution is 7.99. The molecule has 0 bridgehead atoms. The minimum Gasteiger partial charge on any atom is -0.496 e. The first kappa shape index (κ1) is 18.3. The third kappa shape index (κ3) is 5.57. The summed E-state index contributed by atoms with van der Waals surface area (Å²) in [6, 6.07) is 14.2. The fraction of sp³-hybridized carbons (Fsp3) is 0.316. The highest BCUT2D eigenvalue weighted by Gasteiger charge is 2.11. The van der Waals surface area contributed by atoms with Gasteiger partial charge < -0.3 is 9.64 Å². The van der Waals surface area contributed by atoms with Crippen LogP contribution >= 0.6 is 11.8 Å². The number of carbonyl (C=O) groups excluding carboxylic acids is 1. The Bertz CT molecular complexity index is 678. The molecule has 0 saturated heterocycles. The number of para-hydroxylation sites is 1. The largest absolute Gasteiger partial charge is 0.496 e. The number of rotatable bonds is 8. The molecule has 0 spiro atoms. The molecular weight excluding hydrogens is 325 g/mol. The van der Waals surface area contributed by atoms with Gasteiger partial charge in [-0.05, 0) is 36.4 Å². The molecule has 0 unspecified atom stereocenters. The Morgan fingerprint density at radius 3 is 2.75 bits per heavy atom. The Balaban J connectivity index is 1.75. The van der Waals surface area contributed by atoms with E-state index in [9.17, 15) is 9.18 Å². The molecule has 0 aliphatic rings. The second-order valence-corrected chi connectivity index (χ2v) is 6.64. The van der Waals surface area contributed by atoms with E-state index in [0.717, 1.165) is 28.4 Å². The van der Waals surface area contributed by atoms with Crippen molar-refractivity contribution in [2.45, 2.75) is 24.3 Å². The predicted octanol–water partition coefficient (Wildman–Crippen LogP) is 4.37. The molecule has 0 radical (unpaired) electrons. The molecule has 0 saturated carbocycles. The third-order valence-corrected chi connectivity index (χ3v) is 4.71. The van der Waals surface area contributed by atoms with Crippen molar-refractivity contribution in [1.82, 2.24) is 4.90 Å². The number of hydrogen-bond donors (Lipinski definition) is 0. The molecule has 0 heterocycles. The van der Waals surface area contributed by atoms with Gasteiger partial charge in [0.2, 0.25) is 5.91 Å². The zero-order valence-corrected chi connectivity index (χ0v) is 14.8. The molecule has 0 atom stereocenters. The first-order valence-electron chi connectivity index (χ1n) is 7.84. The number of hydrogen-bond acceptors (Lipinski definition) is 3. The number of thioether (sulfide) groups is 1. The maximum Gasteiger partial charge on any atom is 0.222 e. The van der Waals surface area contributed by atoms with Gasteiger partial charge in [0.25, 0.3) is 0 Å². The van der Waals surface area contributed by atoms with E-state index in [4.69, 9.17) is 4.74 Å². The average Bonchev–Trinajstić information content (AvgIpc) is 2.59. The molecule has 2 aromatic carbocycles. The molecule has 128 valence electrons. The molecule has 1 amide bonds. The van der Waals surface area contributed by atoms with Crippen molar-refractivity contribution in [2.75, 3.05) is 19.9 Å². The quantitative estimate of drug-likeness (QED) is 0.525. The van der Waals surface area contributed by atoms with E-state index in [0.29, 0.717) is 13.0 Å². The summed E-state index contributed by atoms with van der Waals surface area (Å²) < 4.78 is 18.4. The summed E-state index contributed by atoms with van der Waals surface area (Å²) in [5.41, 5.74) is 0.991. The number of amides is 1. The lowest BCUT2D eigenvalue weighted by atomic mass is 10.2. The van der Waals surface area contributed by atoms with E-state index in [2.05, 4.69) is 0 Å². The van der Waals surface area contributed by atoms with Crippen molar-refractivity contribution in [1.29, 1.82) is 0 Å². The van der Waals surface area contributed by atoms with E-state index in [1.165, 1.54) is 12.1 Å². The number of ether oxygens (including phenoxy) is 1. The average molecular weight is 347 g/mol. The number of halogens is 1. The molecule has 0 aliphatic heterocycles. The lowest BCUT2D eigenvalue weighted by molar-refractivity contribution is -0.130. The highest BCUT2D eigenvalue weighted by atomic mass is 32.2. The van der Waals surface area contributed by atoms with Crippen molar-refractivity contribution in [3.8, 4) is 5.75 Å². The fourth-order valence-electron chi connectivity index (χ4n) is 2.34. The molecule has 2 aromatic rings. The van der Waals surface area contributed by atoms with Crippen LogP contribution in [0, 0.1) is 5.82 Å². The normalized spacial score (nSPS) is 10.5. The van der Waals surface area contributed by atoms with Gasteiger partial charge in [-0.3, -0.25) is 4.79 Å². The number of nitrogens with zero attached hydrogens (tertiary/aromatic N) is 1. The summed E-state index contributed by atoms with van der Waals surface area (Å²) >= 11 is 1.57. The second-order valence-electron chi connectivity index (χ2n) is 5.47. The third-order valence-electron chi connectivity index (χ3n) is 3.63. The van der Waals surface area contributed by atoms with Crippen molar-refractivity contribution < 1.29 is 13.9 Å². The zero-order chi connectivity index (χ0) is 17.4. The van der Waals surface area contributed by atoms with Crippen LogP contribution in [0.2, 0.25) is 0 Å². The summed E-state index contributed by atoms with van der Waals surface area (Å²) in [6.45, 7) is 0.528. The smallest absolute Gasteiger partial charge is 0.222 e. The monoisotopic (exact) mass is 347 g/mol. The molecule has 24 heavy (non-hydrogen) atoms. The summed E-state index contributed by atoms with van der Waals surface area (Å²) in [5, 5.41) is 0. The molecular formula is C19H22FNO2S. The standard InChI is InChI=1S/C19H22FNO2S/c1-21(14-15-7-3-4-10-18(15)23-2)19(22)11-6-12-24-17-9-5-8-16(20)13-17/h3-5,7-10,13H,6,11-12,14H2,1-2H3. The Morgan fingerprint density at radius 1 is 1.21 bits per heavy atom. The van der Waals surface area contributed by atoms with Crippen molar-refractivity contribution in [3.05, 3.63) is 59.9 Å². The van der Waals surface area contributed by atoms with Crippen LogP contribution in [-0.2, 0) is 11.3 Å². The predicted molar refractivity (Wildman–Crippen MR) is 95.8 cm³/mol. The van der Waals surface area contributed by atoms with Crippen LogP contribution in [0.4, 0.5) is 4.39 Å². The summed E-state index contributed by atoms with van der Waals surface area (Å²) in [5.74, 6) is 1.45. The maximum atomic E-state index is 13.1. The van der Waals surface area contributed by atoms with Crippen molar-refractivity contribution in [2.24, 2.45) is 0 Å².